The fourth-order valence-corrected chi connectivity index (χ4v) is 41.7. The first-order valence-corrected chi connectivity index (χ1v) is 41.6. The van der Waals surface area contributed by atoms with Crippen molar-refractivity contribution in [2.24, 2.45) is 11.8 Å². The van der Waals surface area contributed by atoms with Gasteiger partial charge in [-0.3, -0.25) is 0 Å². The number of allylic oxidation sites excluding steroid dienone is 2. The van der Waals surface area contributed by atoms with Crippen LogP contribution in [0, 0.1) is 11.8 Å². The van der Waals surface area contributed by atoms with Crippen molar-refractivity contribution in [2.75, 3.05) is 0 Å². The molecule has 0 saturated heterocycles. The van der Waals surface area contributed by atoms with E-state index in [9.17, 15) is 17.0 Å². The molecule has 413 valence electrons. The van der Waals surface area contributed by atoms with Crippen molar-refractivity contribution >= 4 is 52.3 Å². The average Bonchev–Trinajstić information content (AvgIpc) is 3.84. The van der Waals surface area contributed by atoms with E-state index in [1.807, 2.05) is 0 Å². The van der Waals surface area contributed by atoms with Crippen LogP contribution in [0.5, 0.6) is 0 Å². The summed E-state index contributed by atoms with van der Waals surface area (Å²) < 4.78 is 0.933. The summed E-state index contributed by atoms with van der Waals surface area (Å²) in [5, 5.41) is 2.97. The molecule has 4 heteroatoms. The summed E-state index contributed by atoms with van der Waals surface area (Å²) in [6.45, 7) is 52.5. The third kappa shape index (κ3) is 10.1. The van der Waals surface area contributed by atoms with E-state index < -0.39 is 25.9 Å². The second-order valence-corrected chi connectivity index (χ2v) is 53.1. The molecule has 0 radical (unpaired) electrons. The van der Waals surface area contributed by atoms with Gasteiger partial charge in [-0.2, -0.15) is 0 Å². The first-order chi connectivity index (χ1) is 35.9. The zero-order valence-corrected chi connectivity index (χ0v) is 57.5. The van der Waals surface area contributed by atoms with Gasteiger partial charge in [0.15, 0.2) is 0 Å². The summed E-state index contributed by atoms with van der Waals surface area (Å²) in [6, 6.07) is 41.4. The zero-order valence-electron chi connectivity index (χ0n) is 52.2. The molecule has 78 heavy (non-hydrogen) atoms. The summed E-state index contributed by atoms with van der Waals surface area (Å²) >= 11 is -6.02. The van der Waals surface area contributed by atoms with Crippen molar-refractivity contribution in [2.45, 2.75) is 205 Å². The van der Waals surface area contributed by atoms with E-state index >= 15 is 0 Å². The molecule has 9 rings (SSSR count). The molecule has 6 aromatic rings. The molecule has 1 heterocycles. The Balaban J connectivity index is 1.47. The molecule has 1 aliphatic heterocycles. The van der Waals surface area contributed by atoms with Crippen LogP contribution in [0.15, 0.2) is 114 Å². The van der Waals surface area contributed by atoms with Crippen LogP contribution in [-0.2, 0) is 48.9 Å². The third-order valence-electron chi connectivity index (χ3n) is 18.8. The van der Waals surface area contributed by atoms with Crippen LogP contribution in [-0.4, -0.2) is 9.52 Å². The normalized spacial score (nSPS) is 18.4. The van der Waals surface area contributed by atoms with Gasteiger partial charge in [0.05, 0.1) is 0 Å². The zero-order chi connectivity index (χ0) is 57.4. The summed E-state index contributed by atoms with van der Waals surface area (Å²) in [6.07, 6.45) is 7.28. The van der Waals surface area contributed by atoms with Crippen LogP contribution in [0.4, 0.5) is 0 Å². The molecular weight excluding hydrogens is 1080 g/mol. The number of hydrogen-bond acceptors (Lipinski definition) is 0. The average molecular weight is 1170 g/mol. The molecule has 0 nitrogen and oxygen atoms in total. The van der Waals surface area contributed by atoms with Crippen LogP contribution >= 0.6 is 17.0 Å². The van der Waals surface area contributed by atoms with Crippen molar-refractivity contribution in [1.29, 1.82) is 0 Å². The Morgan fingerprint density at radius 3 is 1.18 bits per heavy atom. The van der Waals surface area contributed by atoms with Crippen molar-refractivity contribution in [3.8, 4) is 33.4 Å². The summed E-state index contributed by atoms with van der Waals surface area (Å²) in [5.74, 6) is 0.477. The van der Waals surface area contributed by atoms with E-state index in [2.05, 4.69) is 268 Å². The minimum atomic E-state index is -6.02. The molecule has 0 aromatic heterocycles. The van der Waals surface area contributed by atoms with Gasteiger partial charge >= 0.3 is 489 Å². The fourth-order valence-electron chi connectivity index (χ4n) is 13.7. The molecule has 3 aliphatic rings. The summed E-state index contributed by atoms with van der Waals surface area (Å²) in [4.78, 5) is 0. The number of hydrogen-bond donors (Lipinski definition) is 0. The number of halogens is 2. The van der Waals surface area contributed by atoms with E-state index in [4.69, 9.17) is 0 Å². The molecule has 4 atom stereocenters. The number of benzene rings is 6. The number of fused-ring (bicyclic) bond motifs is 5. The van der Waals surface area contributed by atoms with Crippen molar-refractivity contribution in [3.63, 3.8) is 0 Å². The van der Waals surface area contributed by atoms with Crippen molar-refractivity contribution in [3.05, 3.63) is 170 Å². The van der Waals surface area contributed by atoms with Gasteiger partial charge in [0.2, 0.25) is 0 Å². The van der Waals surface area contributed by atoms with Crippen molar-refractivity contribution in [1.82, 2.24) is 0 Å². The Morgan fingerprint density at radius 2 is 0.821 bits per heavy atom. The van der Waals surface area contributed by atoms with Gasteiger partial charge in [-0.15, -0.1) is 0 Å². The predicted molar refractivity (Wildman–Crippen MR) is 347 cm³/mol. The van der Waals surface area contributed by atoms with Crippen LogP contribution in [0.3, 0.4) is 0 Å². The van der Waals surface area contributed by atoms with Gasteiger partial charge in [-0.05, 0) is 0 Å². The van der Waals surface area contributed by atoms with Crippen LogP contribution < -0.4 is 13.6 Å². The van der Waals surface area contributed by atoms with Gasteiger partial charge in [0, 0.05) is 0 Å². The summed E-state index contributed by atoms with van der Waals surface area (Å²) in [7, 11) is 18.9. The van der Waals surface area contributed by atoms with Gasteiger partial charge in [0.1, 0.15) is 0 Å². The van der Waals surface area contributed by atoms with E-state index in [1.165, 1.54) is 114 Å². The Bertz CT molecular complexity index is 3180. The van der Waals surface area contributed by atoms with E-state index in [0.29, 0.717) is 0 Å². The van der Waals surface area contributed by atoms with Gasteiger partial charge in [-0.1, -0.05) is 0 Å². The minimum absolute atomic E-state index is 0.0458. The van der Waals surface area contributed by atoms with Crippen LogP contribution in [0.2, 0.25) is 0 Å². The summed E-state index contributed by atoms with van der Waals surface area (Å²) in [5.41, 5.74) is 23.9. The van der Waals surface area contributed by atoms with Gasteiger partial charge in [-0.25, -0.2) is 0 Å². The first-order valence-electron chi connectivity index (χ1n) is 29.8. The molecule has 6 aromatic carbocycles. The monoisotopic (exact) mass is 1170 g/mol. The molecule has 0 amide bonds. The second kappa shape index (κ2) is 19.8. The second-order valence-electron chi connectivity index (χ2n) is 30.7. The molecule has 0 N–H and O–H groups in total. The van der Waals surface area contributed by atoms with E-state index in [1.54, 1.807) is 0 Å². The maximum absolute atomic E-state index is 9.92. The maximum atomic E-state index is 9.92. The van der Waals surface area contributed by atoms with Crippen molar-refractivity contribution < 1.29 is 16.4 Å². The van der Waals surface area contributed by atoms with Gasteiger partial charge < -0.3 is 0 Å². The quantitative estimate of drug-likeness (QED) is 0.126. The fraction of sp³-hybridized carbons (Fsp3) is 0.459. The molecule has 0 fully saturated rings. The number of rotatable bonds is 9. The first kappa shape index (κ1) is 59.1. The third-order valence-corrected chi connectivity index (χ3v) is 41.4. The van der Waals surface area contributed by atoms with Gasteiger partial charge in [0.25, 0.3) is 0 Å². The molecule has 0 bridgehead atoms. The Labute approximate surface area is 484 Å². The Kier molecular flexibility index (Phi) is 15.0. The van der Waals surface area contributed by atoms with Crippen LogP contribution in [0.1, 0.15) is 228 Å². The molecular formula is C74H95Cl2SiZr. The molecule has 0 saturated carbocycles. The predicted octanol–water partition coefficient (Wildman–Crippen LogP) is 19.9. The van der Waals surface area contributed by atoms with E-state index in [-0.39, 0.29) is 51.6 Å². The van der Waals surface area contributed by atoms with Crippen LogP contribution in [0.25, 0.3) is 45.5 Å². The standard InChI is InChI=1S/2C31H43.C12H9Si.2ClH.Zr/c2*1-12-20(2)22-15-21-13-14-27(31(9,10)11)28(26(21)18-22)23-16-24(29(3,4)5)19-25(17-23)30(6,7)8;1-3-7-11-9(5-1)10-6-2-4-8-12(10)13-11;;;/h2*13-20H,12H2,1-11H3;1-7H,13H2;2*1H;/q;;;;;+2/p-2. The van der Waals surface area contributed by atoms with E-state index in [0.717, 1.165) is 12.8 Å². The molecule has 4 unspecified atom stereocenters. The molecule has 2 aliphatic carbocycles. The Hall–Kier alpha value is -3.52. The SMILES string of the molecule is CCC(C)C1=Cc2c(ccc(C(C)(C)C)c2-c2cc(C(C)(C)C)cc(C(C)(C)C)c2)[CH]1[Zr]([Cl])([Cl])([c]1cccc2c1[SiH2]c1ccccc1-2)[CH]1C(C(C)CC)=Cc2c1ccc(C(C)(C)C)c2-c1cc(C(C)(C)C)cc(C(C)(C)C)c1. The Morgan fingerprint density at radius 1 is 0.449 bits per heavy atom. The molecule has 0 spiro atoms. The topological polar surface area (TPSA) is 0 Å².